The minimum Gasteiger partial charge on any atom is -0.367 e. The molecule has 1 saturated heterocycles. The Bertz CT molecular complexity index is 402. The summed E-state index contributed by atoms with van der Waals surface area (Å²) < 4.78 is 5.32. The topological polar surface area (TPSA) is 50.4 Å². The van der Waals surface area contributed by atoms with Gasteiger partial charge in [-0.3, -0.25) is 4.79 Å². The molecule has 1 aliphatic rings. The molecule has 1 atom stereocenters. The van der Waals surface area contributed by atoms with Crippen molar-refractivity contribution >= 4 is 5.91 Å². The quantitative estimate of drug-likeness (QED) is 0.834. The van der Waals surface area contributed by atoms with Crippen molar-refractivity contribution < 1.29 is 9.53 Å². The van der Waals surface area contributed by atoms with Crippen LogP contribution in [0.3, 0.4) is 0 Å². The number of nitrogens with one attached hydrogen (secondary N) is 2. The fourth-order valence-electron chi connectivity index (χ4n) is 2.68. The maximum Gasteiger partial charge on any atom is 0.253 e. The Balaban J connectivity index is 1.78. The van der Waals surface area contributed by atoms with Crippen molar-refractivity contribution in [2.75, 3.05) is 26.7 Å². The van der Waals surface area contributed by atoms with Crippen LogP contribution in [-0.2, 0) is 9.53 Å². The minimum atomic E-state index is -0.510. The van der Waals surface area contributed by atoms with Crippen LogP contribution < -0.4 is 10.6 Å². The van der Waals surface area contributed by atoms with E-state index >= 15 is 0 Å². The molecule has 2 N–H and O–H groups in total. The number of methoxy groups -OCH3 is 1. The van der Waals surface area contributed by atoms with Gasteiger partial charge in [0.1, 0.15) is 0 Å². The summed E-state index contributed by atoms with van der Waals surface area (Å²) in [6.07, 6.45) is 2.97. The van der Waals surface area contributed by atoms with E-state index in [4.69, 9.17) is 4.74 Å². The first-order valence-electron chi connectivity index (χ1n) is 7.37. The lowest BCUT2D eigenvalue weighted by Crippen LogP contribution is -2.34. The average molecular weight is 276 g/mol. The highest BCUT2D eigenvalue weighted by Crippen LogP contribution is 2.17. The Morgan fingerprint density at radius 3 is 2.70 bits per heavy atom. The molecule has 1 fully saturated rings. The maximum atomic E-state index is 12.2. The summed E-state index contributed by atoms with van der Waals surface area (Å²) in [5.41, 5.74) is 0.898. The first-order valence-corrected chi connectivity index (χ1v) is 7.37. The minimum absolute atomic E-state index is 0.0485. The molecule has 0 spiro atoms. The van der Waals surface area contributed by atoms with Crippen molar-refractivity contribution in [3.05, 3.63) is 35.9 Å². The summed E-state index contributed by atoms with van der Waals surface area (Å²) in [7, 11) is 1.57. The second-order valence-electron chi connectivity index (χ2n) is 5.30. The number of hydrogen-bond acceptors (Lipinski definition) is 3. The van der Waals surface area contributed by atoms with E-state index in [1.807, 2.05) is 30.3 Å². The molecule has 1 aromatic carbocycles. The molecule has 4 heteroatoms. The highest BCUT2D eigenvalue weighted by molar-refractivity contribution is 5.82. The molecule has 2 rings (SSSR count). The van der Waals surface area contributed by atoms with Gasteiger partial charge in [0, 0.05) is 13.7 Å². The maximum absolute atomic E-state index is 12.2. The molecule has 1 amide bonds. The zero-order valence-electron chi connectivity index (χ0n) is 12.1. The van der Waals surface area contributed by atoms with Crippen molar-refractivity contribution in [3.63, 3.8) is 0 Å². The van der Waals surface area contributed by atoms with Gasteiger partial charge in [-0.25, -0.2) is 0 Å². The molecule has 4 nitrogen and oxygen atoms in total. The third-order valence-electron chi connectivity index (χ3n) is 3.89. The Kier molecular flexibility index (Phi) is 6.02. The average Bonchev–Trinajstić information content (AvgIpc) is 2.50. The molecule has 0 radical (unpaired) electrons. The fraction of sp³-hybridized carbons (Fsp3) is 0.562. The van der Waals surface area contributed by atoms with E-state index in [1.54, 1.807) is 7.11 Å². The van der Waals surface area contributed by atoms with Crippen LogP contribution in [0.1, 0.15) is 30.9 Å². The second-order valence-corrected chi connectivity index (χ2v) is 5.30. The Morgan fingerprint density at radius 2 is 2.05 bits per heavy atom. The van der Waals surface area contributed by atoms with Gasteiger partial charge in [-0.05, 0) is 43.8 Å². The predicted molar refractivity (Wildman–Crippen MR) is 79.4 cm³/mol. The van der Waals surface area contributed by atoms with Gasteiger partial charge in [-0.2, -0.15) is 0 Å². The van der Waals surface area contributed by atoms with Gasteiger partial charge in [-0.1, -0.05) is 30.3 Å². The highest BCUT2D eigenvalue weighted by Gasteiger charge is 2.20. The molecule has 20 heavy (non-hydrogen) atoms. The van der Waals surface area contributed by atoms with E-state index in [9.17, 15) is 4.79 Å². The molecule has 0 bridgehead atoms. The molecule has 1 aromatic rings. The number of hydrogen-bond donors (Lipinski definition) is 2. The van der Waals surface area contributed by atoms with Crippen LogP contribution in [0, 0.1) is 5.92 Å². The first kappa shape index (κ1) is 15.0. The van der Waals surface area contributed by atoms with Gasteiger partial charge in [-0.15, -0.1) is 0 Å². The smallest absolute Gasteiger partial charge is 0.253 e. The van der Waals surface area contributed by atoms with E-state index in [0.29, 0.717) is 0 Å². The lowest BCUT2D eigenvalue weighted by molar-refractivity contribution is -0.131. The van der Waals surface area contributed by atoms with Gasteiger partial charge in [0.2, 0.25) is 0 Å². The normalized spacial score (nSPS) is 17.6. The number of benzene rings is 1. The Morgan fingerprint density at radius 1 is 1.35 bits per heavy atom. The molecule has 1 aliphatic heterocycles. The number of amides is 1. The summed E-state index contributed by atoms with van der Waals surface area (Å²) in [5.74, 6) is 0.682. The van der Waals surface area contributed by atoms with E-state index in [-0.39, 0.29) is 5.91 Å². The van der Waals surface area contributed by atoms with Crippen LogP contribution in [0.4, 0.5) is 0 Å². The van der Waals surface area contributed by atoms with Crippen LogP contribution in [0.2, 0.25) is 0 Å². The van der Waals surface area contributed by atoms with Crippen LogP contribution in [0.5, 0.6) is 0 Å². The number of carbonyl (C=O) groups is 1. The first-order chi connectivity index (χ1) is 9.81. The summed E-state index contributed by atoms with van der Waals surface area (Å²) in [6, 6.07) is 9.61. The molecular weight excluding hydrogens is 252 g/mol. The van der Waals surface area contributed by atoms with Crippen LogP contribution in [-0.4, -0.2) is 32.7 Å². The van der Waals surface area contributed by atoms with Gasteiger partial charge in [0.15, 0.2) is 6.10 Å². The Labute approximate surface area is 120 Å². The van der Waals surface area contributed by atoms with Gasteiger partial charge < -0.3 is 15.4 Å². The third-order valence-corrected chi connectivity index (χ3v) is 3.89. The van der Waals surface area contributed by atoms with E-state index < -0.39 is 6.10 Å². The number of carbonyl (C=O) groups excluding carboxylic acids is 1. The summed E-state index contributed by atoms with van der Waals surface area (Å²) in [5, 5.41) is 6.35. The van der Waals surface area contributed by atoms with Crippen molar-refractivity contribution in [2.45, 2.75) is 25.4 Å². The van der Waals surface area contributed by atoms with Gasteiger partial charge in [0.05, 0.1) is 0 Å². The summed E-state index contributed by atoms with van der Waals surface area (Å²) >= 11 is 0. The van der Waals surface area contributed by atoms with Crippen LogP contribution >= 0.6 is 0 Å². The number of ether oxygens (including phenoxy) is 1. The zero-order valence-corrected chi connectivity index (χ0v) is 12.1. The van der Waals surface area contributed by atoms with E-state index in [1.165, 1.54) is 12.8 Å². The monoisotopic (exact) mass is 276 g/mol. The fourth-order valence-corrected chi connectivity index (χ4v) is 2.68. The van der Waals surface area contributed by atoms with Crippen molar-refractivity contribution in [3.8, 4) is 0 Å². The molecule has 0 aliphatic carbocycles. The van der Waals surface area contributed by atoms with E-state index in [0.717, 1.165) is 37.5 Å². The molecule has 1 heterocycles. The van der Waals surface area contributed by atoms with Crippen molar-refractivity contribution in [1.82, 2.24) is 10.6 Å². The summed E-state index contributed by atoms with van der Waals surface area (Å²) in [6.45, 7) is 2.93. The van der Waals surface area contributed by atoms with Crippen LogP contribution in [0.15, 0.2) is 30.3 Å². The molecular formula is C16H24N2O2. The van der Waals surface area contributed by atoms with Crippen LogP contribution in [0.25, 0.3) is 0 Å². The third kappa shape index (κ3) is 4.32. The highest BCUT2D eigenvalue weighted by atomic mass is 16.5. The van der Waals surface area contributed by atoms with Gasteiger partial charge >= 0.3 is 0 Å². The Hall–Kier alpha value is -1.39. The lowest BCUT2D eigenvalue weighted by Gasteiger charge is -2.23. The largest absolute Gasteiger partial charge is 0.367 e. The van der Waals surface area contributed by atoms with Crippen molar-refractivity contribution in [2.24, 2.45) is 5.92 Å². The number of piperidine rings is 1. The summed E-state index contributed by atoms with van der Waals surface area (Å²) in [4.78, 5) is 12.2. The zero-order chi connectivity index (χ0) is 14.2. The second kappa shape index (κ2) is 8.02. The molecule has 0 saturated carbocycles. The van der Waals surface area contributed by atoms with E-state index in [2.05, 4.69) is 10.6 Å². The van der Waals surface area contributed by atoms with Gasteiger partial charge in [0.25, 0.3) is 5.91 Å². The molecule has 0 aromatic heterocycles. The predicted octanol–water partition coefficient (Wildman–Crippen LogP) is 1.88. The molecule has 110 valence electrons. The number of rotatable bonds is 6. The SMILES string of the molecule is COC(C(=O)NCCC1CCNCC1)c1ccccc1. The van der Waals surface area contributed by atoms with Crippen molar-refractivity contribution in [1.29, 1.82) is 0 Å². The lowest BCUT2D eigenvalue weighted by atomic mass is 9.95. The standard InChI is InChI=1S/C16H24N2O2/c1-20-15(14-5-3-2-4-6-14)16(19)18-12-9-13-7-10-17-11-8-13/h2-6,13,15,17H,7-12H2,1H3,(H,18,19). The molecule has 1 unspecified atom stereocenters.